The fourth-order valence-corrected chi connectivity index (χ4v) is 2.43. The quantitative estimate of drug-likeness (QED) is 0.802. The van der Waals surface area contributed by atoms with Gasteiger partial charge in [-0.2, -0.15) is 11.8 Å². The Balaban J connectivity index is 2.48. The maximum atomic E-state index is 13.4. The second-order valence-corrected chi connectivity index (χ2v) is 5.28. The minimum atomic E-state index is -1.16. The number of halogens is 2. The van der Waals surface area contributed by atoms with Crippen LogP contribution < -0.4 is 5.32 Å². The number of aliphatic hydroxyl groups is 1. The molecule has 0 aliphatic rings. The average molecular weight is 275 g/mol. The summed E-state index contributed by atoms with van der Waals surface area (Å²) in [6.07, 6.45) is 0.868. The predicted molar refractivity (Wildman–Crippen MR) is 71.7 cm³/mol. The lowest BCUT2D eigenvalue weighted by Gasteiger charge is -2.16. The Bertz CT molecular complexity index is 356. The molecule has 0 radical (unpaired) electrons. The molecule has 0 saturated heterocycles. The Morgan fingerprint density at radius 2 is 1.89 bits per heavy atom. The fraction of sp³-hybridized carbons (Fsp3) is 0.538. The van der Waals surface area contributed by atoms with Gasteiger partial charge in [-0.15, -0.1) is 0 Å². The molecule has 0 aliphatic heterocycles. The second-order valence-electron chi connectivity index (χ2n) is 4.37. The first-order chi connectivity index (χ1) is 8.56. The van der Waals surface area contributed by atoms with Crippen molar-refractivity contribution in [3.05, 3.63) is 35.4 Å². The molecule has 0 aromatic heterocycles. The number of thioether (sulfide) groups is 1. The minimum absolute atomic E-state index is 0.149. The van der Waals surface area contributed by atoms with Crippen LogP contribution >= 0.6 is 11.8 Å². The molecule has 0 saturated carbocycles. The topological polar surface area (TPSA) is 32.3 Å². The van der Waals surface area contributed by atoms with Gasteiger partial charge in [0.1, 0.15) is 11.6 Å². The van der Waals surface area contributed by atoms with E-state index in [1.54, 1.807) is 11.8 Å². The molecule has 0 spiro atoms. The lowest BCUT2D eigenvalue weighted by atomic mass is 10.1. The third-order valence-corrected chi connectivity index (χ3v) is 3.52. The Kier molecular flexibility index (Phi) is 6.60. The van der Waals surface area contributed by atoms with Crippen molar-refractivity contribution in [2.75, 3.05) is 25.1 Å². The van der Waals surface area contributed by atoms with Gasteiger partial charge in [-0.3, -0.25) is 0 Å². The van der Waals surface area contributed by atoms with Gasteiger partial charge >= 0.3 is 0 Å². The summed E-state index contributed by atoms with van der Waals surface area (Å²) in [7, 11) is 0. The van der Waals surface area contributed by atoms with E-state index in [-0.39, 0.29) is 12.1 Å². The molecule has 102 valence electrons. The van der Waals surface area contributed by atoms with Gasteiger partial charge in [0.2, 0.25) is 0 Å². The van der Waals surface area contributed by atoms with Crippen LogP contribution in [-0.2, 0) is 0 Å². The molecular formula is C13H19F2NOS. The van der Waals surface area contributed by atoms with Crippen molar-refractivity contribution < 1.29 is 13.9 Å². The molecule has 0 fully saturated rings. The lowest BCUT2D eigenvalue weighted by Crippen LogP contribution is -2.28. The molecule has 2 nitrogen and oxygen atoms in total. The molecule has 2 unspecified atom stereocenters. The predicted octanol–water partition coefficient (Wildman–Crippen LogP) is 2.59. The number of hydrogen-bond acceptors (Lipinski definition) is 3. The van der Waals surface area contributed by atoms with E-state index < -0.39 is 17.7 Å². The number of rotatable bonds is 7. The molecule has 2 atom stereocenters. The zero-order valence-electron chi connectivity index (χ0n) is 10.6. The van der Waals surface area contributed by atoms with E-state index >= 15 is 0 Å². The van der Waals surface area contributed by atoms with Crippen LogP contribution in [0.4, 0.5) is 8.78 Å². The largest absolute Gasteiger partial charge is 0.387 e. The van der Waals surface area contributed by atoms with E-state index in [4.69, 9.17) is 0 Å². The molecule has 0 heterocycles. The highest BCUT2D eigenvalue weighted by Gasteiger charge is 2.17. The molecule has 2 N–H and O–H groups in total. The summed E-state index contributed by atoms with van der Waals surface area (Å²) in [5.74, 6) is 0.0533. The van der Waals surface area contributed by atoms with Crippen molar-refractivity contribution in [2.24, 2.45) is 5.92 Å². The van der Waals surface area contributed by atoms with Crippen molar-refractivity contribution in [1.82, 2.24) is 5.32 Å². The highest BCUT2D eigenvalue weighted by atomic mass is 32.2. The van der Waals surface area contributed by atoms with Crippen LogP contribution in [0.2, 0.25) is 0 Å². The second kappa shape index (κ2) is 7.71. The highest BCUT2D eigenvalue weighted by Crippen LogP contribution is 2.19. The number of aliphatic hydroxyl groups excluding tert-OH is 1. The fourth-order valence-electron chi connectivity index (χ4n) is 1.74. The first-order valence-electron chi connectivity index (χ1n) is 5.87. The zero-order chi connectivity index (χ0) is 13.5. The third-order valence-electron chi connectivity index (χ3n) is 2.61. The van der Waals surface area contributed by atoms with Crippen LogP contribution in [0.5, 0.6) is 0 Å². The molecule has 0 bridgehead atoms. The first-order valence-corrected chi connectivity index (χ1v) is 7.27. The van der Waals surface area contributed by atoms with E-state index in [9.17, 15) is 13.9 Å². The van der Waals surface area contributed by atoms with E-state index in [1.165, 1.54) is 6.07 Å². The van der Waals surface area contributed by atoms with E-state index in [0.717, 1.165) is 17.9 Å². The molecule has 1 aromatic rings. The van der Waals surface area contributed by atoms with Gasteiger partial charge in [-0.1, -0.05) is 13.0 Å². The number of benzene rings is 1. The van der Waals surface area contributed by atoms with Crippen molar-refractivity contribution in [2.45, 2.75) is 13.0 Å². The van der Waals surface area contributed by atoms with Gasteiger partial charge in [-0.05, 0) is 36.6 Å². The summed E-state index contributed by atoms with van der Waals surface area (Å²) in [5, 5.41) is 12.8. The Hall–Kier alpha value is -0.650. The Labute approximate surface area is 111 Å². The van der Waals surface area contributed by atoms with Crippen LogP contribution in [0.1, 0.15) is 18.6 Å². The summed E-state index contributed by atoms with van der Waals surface area (Å²) in [4.78, 5) is 0. The van der Waals surface area contributed by atoms with Crippen LogP contribution in [0.3, 0.4) is 0 Å². The summed E-state index contributed by atoms with van der Waals surface area (Å²) in [6, 6.07) is 3.59. The molecule has 18 heavy (non-hydrogen) atoms. The maximum absolute atomic E-state index is 13.4. The summed E-state index contributed by atoms with van der Waals surface area (Å²) < 4.78 is 26.8. The SMILES string of the molecule is CSCC(C)CNCC(O)c1c(F)cccc1F. The zero-order valence-corrected chi connectivity index (χ0v) is 11.4. The first kappa shape index (κ1) is 15.4. The van der Waals surface area contributed by atoms with Crippen LogP contribution in [0.15, 0.2) is 18.2 Å². The molecule has 1 rings (SSSR count). The van der Waals surface area contributed by atoms with Crippen molar-refractivity contribution >= 4 is 11.8 Å². The van der Waals surface area contributed by atoms with Gasteiger partial charge in [-0.25, -0.2) is 8.78 Å². The molecular weight excluding hydrogens is 256 g/mol. The normalized spacial score (nSPS) is 14.5. The molecule has 1 aromatic carbocycles. The molecule has 5 heteroatoms. The smallest absolute Gasteiger partial charge is 0.131 e. The Morgan fingerprint density at radius 3 is 2.44 bits per heavy atom. The van der Waals surface area contributed by atoms with Gasteiger partial charge < -0.3 is 10.4 Å². The van der Waals surface area contributed by atoms with Crippen molar-refractivity contribution in [3.8, 4) is 0 Å². The standard InChI is InChI=1S/C13H19F2NOS/c1-9(8-18-2)6-16-7-12(17)13-10(14)4-3-5-11(13)15/h3-5,9,12,16-17H,6-8H2,1-2H3. The summed E-state index contributed by atoms with van der Waals surface area (Å²) in [5.41, 5.74) is -0.262. The summed E-state index contributed by atoms with van der Waals surface area (Å²) in [6.45, 7) is 2.95. The van der Waals surface area contributed by atoms with E-state index in [0.29, 0.717) is 12.5 Å². The van der Waals surface area contributed by atoms with Crippen LogP contribution in [0, 0.1) is 17.6 Å². The molecule has 0 amide bonds. The lowest BCUT2D eigenvalue weighted by molar-refractivity contribution is 0.164. The van der Waals surface area contributed by atoms with Gasteiger partial charge in [0, 0.05) is 6.54 Å². The van der Waals surface area contributed by atoms with Crippen molar-refractivity contribution in [1.29, 1.82) is 0 Å². The van der Waals surface area contributed by atoms with Gasteiger partial charge in [0.05, 0.1) is 11.7 Å². The van der Waals surface area contributed by atoms with E-state index in [2.05, 4.69) is 12.2 Å². The Morgan fingerprint density at radius 1 is 1.28 bits per heavy atom. The van der Waals surface area contributed by atoms with Crippen LogP contribution in [-0.4, -0.2) is 30.2 Å². The van der Waals surface area contributed by atoms with Crippen LogP contribution in [0.25, 0.3) is 0 Å². The average Bonchev–Trinajstić information content (AvgIpc) is 2.29. The van der Waals surface area contributed by atoms with Crippen molar-refractivity contribution in [3.63, 3.8) is 0 Å². The summed E-state index contributed by atoms with van der Waals surface area (Å²) >= 11 is 1.75. The monoisotopic (exact) mass is 275 g/mol. The highest BCUT2D eigenvalue weighted by molar-refractivity contribution is 7.98. The maximum Gasteiger partial charge on any atom is 0.131 e. The van der Waals surface area contributed by atoms with E-state index in [1.807, 2.05) is 6.26 Å². The number of nitrogens with one attached hydrogen (secondary N) is 1. The van der Waals surface area contributed by atoms with Gasteiger partial charge in [0.25, 0.3) is 0 Å². The minimum Gasteiger partial charge on any atom is -0.387 e. The molecule has 0 aliphatic carbocycles. The third kappa shape index (κ3) is 4.55. The van der Waals surface area contributed by atoms with Gasteiger partial charge in [0.15, 0.2) is 0 Å². The number of hydrogen-bond donors (Lipinski definition) is 2.